The number of esters is 1. The molecule has 0 unspecified atom stereocenters. The number of aryl methyl sites for hydroxylation is 1. The molecule has 0 fully saturated rings. The number of anilines is 2. The largest absolute Gasteiger partial charge is 0.464 e. The Hall–Kier alpha value is -4.22. The molecule has 2 aromatic heterocycles. The number of methoxy groups -OCH3 is 1. The zero-order valence-electron chi connectivity index (χ0n) is 20.0. The van der Waals surface area contributed by atoms with Crippen LogP contribution in [0.3, 0.4) is 0 Å². The minimum atomic E-state index is -0.506. The molecule has 1 aliphatic rings. The summed E-state index contributed by atoms with van der Waals surface area (Å²) in [5, 5.41) is 13.0. The molecular formula is C26H22N6O3S2. The van der Waals surface area contributed by atoms with Crippen LogP contribution in [-0.4, -0.2) is 40.4 Å². The van der Waals surface area contributed by atoms with E-state index in [0.29, 0.717) is 22.4 Å². The van der Waals surface area contributed by atoms with Gasteiger partial charge in [-0.1, -0.05) is 85.3 Å². The Balaban J connectivity index is 1.48. The van der Waals surface area contributed by atoms with Crippen molar-refractivity contribution in [2.45, 2.75) is 19.8 Å². The first-order chi connectivity index (χ1) is 18.1. The molecule has 1 aliphatic heterocycles. The topological polar surface area (TPSA) is 109 Å². The Morgan fingerprint density at radius 2 is 1.76 bits per heavy atom. The molecule has 0 radical (unpaired) electrons. The van der Waals surface area contributed by atoms with Crippen LogP contribution in [0, 0.1) is 0 Å². The summed E-state index contributed by atoms with van der Waals surface area (Å²) < 4.78 is 4.86. The number of hydrogen-bond acceptors (Lipinski definition) is 10. The van der Waals surface area contributed by atoms with E-state index in [9.17, 15) is 9.59 Å². The molecule has 1 N–H and O–H groups in total. The molecule has 9 nitrogen and oxygen atoms in total. The van der Waals surface area contributed by atoms with E-state index in [4.69, 9.17) is 4.74 Å². The van der Waals surface area contributed by atoms with Crippen molar-refractivity contribution in [1.29, 1.82) is 0 Å². The van der Waals surface area contributed by atoms with Crippen molar-refractivity contribution in [2.24, 2.45) is 10.2 Å². The van der Waals surface area contributed by atoms with Gasteiger partial charge >= 0.3 is 11.9 Å². The van der Waals surface area contributed by atoms with Gasteiger partial charge in [0.25, 0.3) is 0 Å². The number of aromatic nitrogens is 2. The SMILES string of the molecule is CCCc1sc(N/N=C2\C(=O)N(c3nc(-c4ccccc4)cs3)N=C2c2ccccc2)nc1C(=O)OC. The third kappa shape index (κ3) is 5.04. The summed E-state index contributed by atoms with van der Waals surface area (Å²) in [6.45, 7) is 2.02. The van der Waals surface area contributed by atoms with Crippen LogP contribution < -0.4 is 10.4 Å². The maximum atomic E-state index is 13.5. The molecule has 3 heterocycles. The van der Waals surface area contributed by atoms with E-state index in [1.54, 1.807) is 0 Å². The van der Waals surface area contributed by atoms with E-state index in [-0.39, 0.29) is 11.4 Å². The number of carbonyl (C=O) groups excluding carboxylic acids is 2. The standard InChI is InChI=1S/C26H22N6O3S2/c1-3-10-19-21(24(34)35-2)28-25(37-19)30-29-22-20(17-13-8-5-9-14-17)31-32(23(22)33)26-27-18(15-36-26)16-11-6-4-7-12-16/h4-9,11-15H,3,10H2,1-2H3,(H,28,30)/b29-22-. The van der Waals surface area contributed by atoms with E-state index in [0.717, 1.165) is 28.1 Å². The molecule has 0 saturated carbocycles. The maximum Gasteiger partial charge on any atom is 0.357 e. The van der Waals surface area contributed by atoms with Crippen LogP contribution in [0.2, 0.25) is 0 Å². The highest BCUT2D eigenvalue weighted by Gasteiger charge is 2.36. The minimum absolute atomic E-state index is 0.120. The van der Waals surface area contributed by atoms with Gasteiger partial charge in [-0.25, -0.2) is 14.8 Å². The first-order valence-electron chi connectivity index (χ1n) is 11.5. The van der Waals surface area contributed by atoms with Crippen molar-refractivity contribution in [3.8, 4) is 11.3 Å². The summed E-state index contributed by atoms with van der Waals surface area (Å²) in [5.41, 5.74) is 6.09. The molecule has 0 saturated heterocycles. The number of nitrogens with zero attached hydrogens (tertiary/aromatic N) is 5. The normalized spacial score (nSPS) is 14.2. The summed E-state index contributed by atoms with van der Waals surface area (Å²) in [5.74, 6) is -0.924. The van der Waals surface area contributed by atoms with Crippen molar-refractivity contribution in [2.75, 3.05) is 17.5 Å². The Kier molecular flexibility index (Phi) is 7.15. The zero-order valence-corrected chi connectivity index (χ0v) is 21.7. The van der Waals surface area contributed by atoms with Crippen molar-refractivity contribution in [3.63, 3.8) is 0 Å². The van der Waals surface area contributed by atoms with Crippen molar-refractivity contribution in [1.82, 2.24) is 9.97 Å². The number of amides is 1. The number of benzene rings is 2. The van der Waals surface area contributed by atoms with Gasteiger partial charge in [0, 0.05) is 21.4 Å². The number of hydrazone groups is 2. The molecule has 0 spiro atoms. The fourth-order valence-electron chi connectivity index (χ4n) is 3.67. The number of carbonyl (C=O) groups is 2. The van der Waals surface area contributed by atoms with Crippen LogP contribution >= 0.6 is 22.7 Å². The number of ether oxygens (including phenoxy) is 1. The lowest BCUT2D eigenvalue weighted by Crippen LogP contribution is -2.28. The molecule has 186 valence electrons. The Morgan fingerprint density at radius 3 is 2.43 bits per heavy atom. The molecule has 2 aromatic carbocycles. The summed E-state index contributed by atoms with van der Waals surface area (Å²) in [7, 11) is 1.32. The van der Waals surface area contributed by atoms with Crippen molar-refractivity contribution >= 4 is 56.2 Å². The molecular weight excluding hydrogens is 508 g/mol. The highest BCUT2D eigenvalue weighted by atomic mass is 32.1. The Bertz CT molecular complexity index is 1500. The summed E-state index contributed by atoms with van der Waals surface area (Å²) in [6, 6.07) is 19.1. The summed E-state index contributed by atoms with van der Waals surface area (Å²) in [6.07, 6.45) is 1.52. The predicted molar refractivity (Wildman–Crippen MR) is 147 cm³/mol. The van der Waals surface area contributed by atoms with Gasteiger partial charge in [-0.05, 0) is 6.42 Å². The van der Waals surface area contributed by atoms with Gasteiger partial charge in [0.2, 0.25) is 10.3 Å². The molecule has 1 amide bonds. The highest BCUT2D eigenvalue weighted by Crippen LogP contribution is 2.30. The Morgan fingerprint density at radius 1 is 1.05 bits per heavy atom. The maximum absolute atomic E-state index is 13.5. The van der Waals surface area contributed by atoms with E-state index in [1.165, 1.54) is 34.8 Å². The fourth-order valence-corrected chi connectivity index (χ4v) is 5.45. The van der Waals surface area contributed by atoms with Crippen molar-refractivity contribution in [3.05, 3.63) is 82.2 Å². The van der Waals surface area contributed by atoms with Crippen LogP contribution in [0.15, 0.2) is 76.2 Å². The number of rotatable bonds is 8. The van der Waals surface area contributed by atoms with E-state index < -0.39 is 11.9 Å². The molecule has 37 heavy (non-hydrogen) atoms. The monoisotopic (exact) mass is 530 g/mol. The second kappa shape index (κ2) is 10.8. The lowest BCUT2D eigenvalue weighted by Gasteiger charge is -2.06. The highest BCUT2D eigenvalue weighted by molar-refractivity contribution is 7.16. The van der Waals surface area contributed by atoms with Crippen molar-refractivity contribution < 1.29 is 14.3 Å². The van der Waals surface area contributed by atoms with E-state index in [2.05, 4.69) is 25.6 Å². The zero-order chi connectivity index (χ0) is 25.8. The first-order valence-corrected chi connectivity index (χ1v) is 13.2. The average Bonchev–Trinajstić information content (AvgIpc) is 3.66. The van der Waals surface area contributed by atoms with Crippen LogP contribution in [0.1, 0.15) is 34.3 Å². The van der Waals surface area contributed by atoms with Gasteiger partial charge in [0.1, 0.15) is 5.71 Å². The predicted octanol–water partition coefficient (Wildman–Crippen LogP) is 5.22. The second-order valence-electron chi connectivity index (χ2n) is 7.92. The average molecular weight is 531 g/mol. The lowest BCUT2D eigenvalue weighted by molar-refractivity contribution is -0.112. The second-order valence-corrected chi connectivity index (χ2v) is 9.84. The first kappa shape index (κ1) is 24.5. The molecule has 5 rings (SSSR count). The minimum Gasteiger partial charge on any atom is -0.464 e. The number of hydrogen-bond donors (Lipinski definition) is 1. The lowest BCUT2D eigenvalue weighted by atomic mass is 10.1. The van der Waals surface area contributed by atoms with Gasteiger partial charge in [-0.2, -0.15) is 15.2 Å². The third-order valence-electron chi connectivity index (χ3n) is 5.43. The smallest absolute Gasteiger partial charge is 0.357 e. The van der Waals surface area contributed by atoms with Gasteiger partial charge in [-0.3, -0.25) is 10.2 Å². The van der Waals surface area contributed by atoms with Gasteiger partial charge in [-0.15, -0.1) is 11.3 Å². The fraction of sp³-hybridized carbons (Fsp3) is 0.154. The van der Waals surface area contributed by atoms with Crippen LogP contribution in [-0.2, 0) is 16.0 Å². The van der Waals surface area contributed by atoms with Gasteiger partial charge in [0.05, 0.1) is 12.8 Å². The van der Waals surface area contributed by atoms with Crippen LogP contribution in [0.25, 0.3) is 11.3 Å². The molecule has 0 bridgehead atoms. The van der Waals surface area contributed by atoms with E-state index >= 15 is 0 Å². The molecule has 4 aromatic rings. The number of nitrogens with one attached hydrogen (secondary N) is 1. The van der Waals surface area contributed by atoms with E-state index in [1.807, 2.05) is 73.0 Å². The number of thiazole rings is 2. The summed E-state index contributed by atoms with van der Waals surface area (Å²) >= 11 is 2.63. The summed E-state index contributed by atoms with van der Waals surface area (Å²) in [4.78, 5) is 35.4. The van der Waals surface area contributed by atoms with Crippen LogP contribution in [0.4, 0.5) is 10.3 Å². The quantitative estimate of drug-likeness (QED) is 0.247. The van der Waals surface area contributed by atoms with Crippen LogP contribution in [0.5, 0.6) is 0 Å². The molecule has 11 heteroatoms. The molecule has 0 atom stereocenters. The van der Waals surface area contributed by atoms with Gasteiger partial charge < -0.3 is 4.74 Å². The third-order valence-corrected chi connectivity index (χ3v) is 7.26. The molecule has 0 aliphatic carbocycles. The van der Waals surface area contributed by atoms with Gasteiger partial charge in [0.15, 0.2) is 11.4 Å². The Labute approximate surface area is 221 Å².